The topological polar surface area (TPSA) is 78.4 Å². The zero-order valence-corrected chi connectivity index (χ0v) is 12.5. The van der Waals surface area contributed by atoms with E-state index in [2.05, 4.69) is 10.6 Å². The van der Waals surface area contributed by atoms with Crippen LogP contribution in [-0.4, -0.2) is 35.6 Å². The lowest BCUT2D eigenvalue weighted by Crippen LogP contribution is -2.40. The molecule has 0 fully saturated rings. The number of carbonyl (C=O) groups excluding carboxylic acids is 1. The summed E-state index contributed by atoms with van der Waals surface area (Å²) in [5.41, 5.74) is 0. The third-order valence-electron chi connectivity index (χ3n) is 2.67. The van der Waals surface area contributed by atoms with Gasteiger partial charge in [-0.05, 0) is 25.2 Å². The Balaban J connectivity index is 3.71. The third kappa shape index (κ3) is 10.5. The SMILES string of the molecule is CC(C)CC(=O)NCCCC[C@H](NC(C)C)C(=O)O. The second kappa shape index (κ2) is 9.78. The highest BCUT2D eigenvalue weighted by molar-refractivity contribution is 5.76. The minimum absolute atomic E-state index is 0.0742. The number of aliphatic carboxylic acids is 1. The van der Waals surface area contributed by atoms with E-state index in [1.165, 1.54) is 0 Å². The molecule has 0 bridgehead atoms. The van der Waals surface area contributed by atoms with Crippen LogP contribution in [0.25, 0.3) is 0 Å². The standard InChI is InChI=1S/C14H28N2O3/c1-10(2)9-13(17)15-8-6-5-7-12(14(18)19)16-11(3)4/h10-12,16H,5-9H2,1-4H3,(H,15,17)(H,18,19)/t12-/m0/s1. The Morgan fingerprint density at radius 2 is 1.74 bits per heavy atom. The average molecular weight is 272 g/mol. The molecule has 0 aromatic heterocycles. The van der Waals surface area contributed by atoms with Gasteiger partial charge < -0.3 is 15.7 Å². The number of rotatable bonds is 10. The molecule has 0 saturated carbocycles. The summed E-state index contributed by atoms with van der Waals surface area (Å²) in [5, 5.41) is 14.9. The first-order valence-corrected chi connectivity index (χ1v) is 7.08. The molecule has 19 heavy (non-hydrogen) atoms. The summed E-state index contributed by atoms with van der Waals surface area (Å²) in [4.78, 5) is 22.4. The summed E-state index contributed by atoms with van der Waals surface area (Å²) in [6.45, 7) is 8.51. The van der Waals surface area contributed by atoms with Gasteiger partial charge in [-0.2, -0.15) is 0 Å². The normalized spacial score (nSPS) is 12.7. The summed E-state index contributed by atoms with van der Waals surface area (Å²) in [6, 6.07) is -0.335. The number of hydrogen-bond donors (Lipinski definition) is 3. The predicted octanol–water partition coefficient (Wildman–Crippen LogP) is 1.77. The van der Waals surface area contributed by atoms with Gasteiger partial charge in [0, 0.05) is 19.0 Å². The van der Waals surface area contributed by atoms with Gasteiger partial charge in [0.2, 0.25) is 5.91 Å². The van der Waals surface area contributed by atoms with Crippen molar-refractivity contribution in [1.82, 2.24) is 10.6 Å². The van der Waals surface area contributed by atoms with Crippen LogP contribution < -0.4 is 10.6 Å². The molecule has 1 atom stereocenters. The van der Waals surface area contributed by atoms with Gasteiger partial charge in [0.05, 0.1) is 0 Å². The number of hydrogen-bond acceptors (Lipinski definition) is 3. The summed E-state index contributed by atoms with van der Waals surface area (Å²) < 4.78 is 0. The van der Waals surface area contributed by atoms with Crippen molar-refractivity contribution in [3.8, 4) is 0 Å². The van der Waals surface area contributed by atoms with E-state index in [1.807, 2.05) is 27.7 Å². The highest BCUT2D eigenvalue weighted by atomic mass is 16.4. The molecule has 0 saturated heterocycles. The van der Waals surface area contributed by atoms with E-state index in [-0.39, 0.29) is 11.9 Å². The Morgan fingerprint density at radius 1 is 1.11 bits per heavy atom. The second-order valence-electron chi connectivity index (χ2n) is 5.66. The number of unbranched alkanes of at least 4 members (excludes halogenated alkanes) is 1. The van der Waals surface area contributed by atoms with E-state index in [1.54, 1.807) is 0 Å². The Labute approximate surface area is 116 Å². The van der Waals surface area contributed by atoms with Gasteiger partial charge in [0.15, 0.2) is 0 Å². The average Bonchev–Trinajstić information content (AvgIpc) is 2.25. The fraction of sp³-hybridized carbons (Fsp3) is 0.857. The molecule has 0 aromatic rings. The predicted molar refractivity (Wildman–Crippen MR) is 76.0 cm³/mol. The first kappa shape index (κ1) is 17.9. The van der Waals surface area contributed by atoms with Crippen LogP contribution in [0, 0.1) is 5.92 Å². The van der Waals surface area contributed by atoms with Crippen LogP contribution >= 0.6 is 0 Å². The van der Waals surface area contributed by atoms with Crippen LogP contribution in [0.2, 0.25) is 0 Å². The van der Waals surface area contributed by atoms with Gasteiger partial charge >= 0.3 is 5.97 Å². The molecule has 0 unspecified atom stereocenters. The number of carboxylic acid groups (broad SMARTS) is 1. The van der Waals surface area contributed by atoms with Crippen molar-refractivity contribution >= 4 is 11.9 Å². The maximum Gasteiger partial charge on any atom is 0.320 e. The fourth-order valence-electron chi connectivity index (χ4n) is 1.82. The van der Waals surface area contributed by atoms with Crippen molar-refractivity contribution in [3.05, 3.63) is 0 Å². The van der Waals surface area contributed by atoms with Crippen LogP contribution in [0.4, 0.5) is 0 Å². The largest absolute Gasteiger partial charge is 0.480 e. The monoisotopic (exact) mass is 272 g/mol. The van der Waals surface area contributed by atoms with Gasteiger partial charge in [-0.25, -0.2) is 0 Å². The van der Waals surface area contributed by atoms with Gasteiger partial charge in [0.1, 0.15) is 6.04 Å². The molecule has 112 valence electrons. The first-order chi connectivity index (χ1) is 8.82. The second-order valence-corrected chi connectivity index (χ2v) is 5.66. The van der Waals surface area contributed by atoms with E-state index in [0.29, 0.717) is 25.3 Å². The Hall–Kier alpha value is -1.10. The van der Waals surface area contributed by atoms with Crippen LogP contribution in [0.5, 0.6) is 0 Å². The summed E-state index contributed by atoms with van der Waals surface area (Å²) in [6.07, 6.45) is 2.74. The zero-order valence-electron chi connectivity index (χ0n) is 12.5. The summed E-state index contributed by atoms with van der Waals surface area (Å²) >= 11 is 0. The molecule has 3 N–H and O–H groups in total. The molecule has 0 spiro atoms. The highest BCUT2D eigenvalue weighted by Gasteiger charge is 2.17. The van der Waals surface area contributed by atoms with E-state index >= 15 is 0 Å². The minimum atomic E-state index is -0.808. The molecule has 5 heteroatoms. The molecule has 0 rings (SSSR count). The number of amides is 1. The van der Waals surface area contributed by atoms with Gasteiger partial charge in [-0.1, -0.05) is 27.7 Å². The lowest BCUT2D eigenvalue weighted by Gasteiger charge is -2.17. The number of carbonyl (C=O) groups is 2. The van der Waals surface area contributed by atoms with Gasteiger partial charge in [0.25, 0.3) is 0 Å². The van der Waals surface area contributed by atoms with E-state index in [4.69, 9.17) is 5.11 Å². The maximum absolute atomic E-state index is 11.4. The molecule has 0 radical (unpaired) electrons. The minimum Gasteiger partial charge on any atom is -0.480 e. The van der Waals surface area contributed by atoms with Crippen LogP contribution in [-0.2, 0) is 9.59 Å². The fourth-order valence-corrected chi connectivity index (χ4v) is 1.82. The van der Waals surface area contributed by atoms with E-state index in [0.717, 1.165) is 12.8 Å². The van der Waals surface area contributed by atoms with Gasteiger partial charge in [-0.3, -0.25) is 9.59 Å². The van der Waals surface area contributed by atoms with Gasteiger partial charge in [-0.15, -0.1) is 0 Å². The van der Waals surface area contributed by atoms with E-state index < -0.39 is 12.0 Å². The van der Waals surface area contributed by atoms with Crippen LogP contribution in [0.1, 0.15) is 53.4 Å². The lowest BCUT2D eigenvalue weighted by atomic mass is 10.1. The molecular weight excluding hydrogens is 244 g/mol. The van der Waals surface area contributed by atoms with Crippen molar-refractivity contribution in [2.45, 2.75) is 65.5 Å². The molecular formula is C14H28N2O3. The molecule has 0 aliphatic heterocycles. The molecule has 0 aliphatic rings. The maximum atomic E-state index is 11.4. The van der Waals surface area contributed by atoms with Crippen molar-refractivity contribution in [2.75, 3.05) is 6.54 Å². The third-order valence-corrected chi connectivity index (χ3v) is 2.67. The molecule has 0 heterocycles. The van der Waals surface area contributed by atoms with Crippen molar-refractivity contribution in [1.29, 1.82) is 0 Å². The Kier molecular flexibility index (Phi) is 9.21. The van der Waals surface area contributed by atoms with E-state index in [9.17, 15) is 9.59 Å². The van der Waals surface area contributed by atoms with Crippen molar-refractivity contribution < 1.29 is 14.7 Å². The zero-order chi connectivity index (χ0) is 14.8. The van der Waals surface area contributed by atoms with Crippen molar-refractivity contribution in [2.24, 2.45) is 5.92 Å². The van der Waals surface area contributed by atoms with Crippen LogP contribution in [0.15, 0.2) is 0 Å². The smallest absolute Gasteiger partial charge is 0.320 e. The number of nitrogens with one attached hydrogen (secondary N) is 2. The van der Waals surface area contributed by atoms with Crippen LogP contribution in [0.3, 0.4) is 0 Å². The quantitative estimate of drug-likeness (QED) is 0.530. The molecule has 5 nitrogen and oxygen atoms in total. The van der Waals surface area contributed by atoms with Crippen molar-refractivity contribution in [3.63, 3.8) is 0 Å². The lowest BCUT2D eigenvalue weighted by molar-refractivity contribution is -0.140. The Morgan fingerprint density at radius 3 is 2.21 bits per heavy atom. The highest BCUT2D eigenvalue weighted by Crippen LogP contribution is 2.03. The number of carboxylic acids is 1. The first-order valence-electron chi connectivity index (χ1n) is 7.08. The molecule has 0 aromatic carbocycles. The summed E-state index contributed by atoms with van der Waals surface area (Å²) in [7, 11) is 0. The molecule has 0 aliphatic carbocycles. The Bertz CT molecular complexity index is 278. The molecule has 1 amide bonds. The summed E-state index contributed by atoms with van der Waals surface area (Å²) in [5.74, 6) is -0.366.